The van der Waals surface area contributed by atoms with Gasteiger partial charge in [0.05, 0.1) is 5.69 Å². The first kappa shape index (κ1) is 25.3. The number of hydrogen-bond acceptors (Lipinski definition) is 6. The molecule has 0 radical (unpaired) electrons. The zero-order valence-electron chi connectivity index (χ0n) is 20.0. The zero-order chi connectivity index (χ0) is 26.3. The Bertz CT molecular complexity index is 1320. The lowest BCUT2D eigenvalue weighted by Gasteiger charge is -2.27. The fraction of sp³-hybridized carbons (Fsp3) is 0.269. The maximum absolute atomic E-state index is 14.6. The number of fused-ring (bicyclic) bond motifs is 1. The van der Waals surface area contributed by atoms with Gasteiger partial charge in [0.15, 0.2) is 11.6 Å². The molecular weight excluding hydrogens is 490 g/mol. The second-order valence-corrected chi connectivity index (χ2v) is 10.2. The molecule has 2 N–H and O–H groups in total. The molecule has 0 saturated heterocycles. The van der Waals surface area contributed by atoms with Crippen molar-refractivity contribution in [2.24, 2.45) is 0 Å². The first-order chi connectivity index (χ1) is 16.9. The van der Waals surface area contributed by atoms with Gasteiger partial charge in [0.1, 0.15) is 22.8 Å². The number of anilines is 1. The molecule has 0 saturated carbocycles. The lowest BCUT2D eigenvalue weighted by molar-refractivity contribution is -0.136. The maximum Gasteiger partial charge on any atom is 0.408 e. The van der Waals surface area contributed by atoms with E-state index in [1.54, 1.807) is 50.4 Å². The van der Waals surface area contributed by atoms with Crippen LogP contribution in [0.25, 0.3) is 0 Å². The molecule has 0 spiro atoms. The largest absolute Gasteiger partial charge is 0.444 e. The van der Waals surface area contributed by atoms with E-state index in [0.717, 1.165) is 6.07 Å². The van der Waals surface area contributed by atoms with Gasteiger partial charge in [-0.05, 0) is 62.9 Å². The summed E-state index contributed by atoms with van der Waals surface area (Å²) in [7, 11) is 0. The number of halogens is 2. The Kier molecular flexibility index (Phi) is 6.57. The Balaban J connectivity index is 1.61. The van der Waals surface area contributed by atoms with Crippen molar-refractivity contribution in [1.82, 2.24) is 5.32 Å². The van der Waals surface area contributed by atoms with Crippen LogP contribution in [0.3, 0.4) is 0 Å². The van der Waals surface area contributed by atoms with Crippen LogP contribution < -0.4 is 15.4 Å². The van der Waals surface area contributed by atoms with Gasteiger partial charge < -0.3 is 20.1 Å². The molecule has 4 rings (SSSR count). The second kappa shape index (κ2) is 9.34. The fourth-order valence-corrected chi connectivity index (χ4v) is 4.96. The molecular formula is C26H24F2N2O5S. The number of rotatable bonds is 5. The maximum atomic E-state index is 14.6. The molecule has 1 aliphatic heterocycles. The Morgan fingerprint density at radius 3 is 2.39 bits per heavy atom. The number of nitrogens with one attached hydrogen (secondary N) is 2. The Hall–Kier alpha value is -3.79. The topological polar surface area (TPSA) is 93.7 Å². The number of carbonyl (C=O) groups excluding carboxylic acids is 3. The Morgan fingerprint density at radius 2 is 1.78 bits per heavy atom. The normalized spacial score (nSPS) is 17.7. The third kappa shape index (κ3) is 4.56. The van der Waals surface area contributed by atoms with E-state index in [2.05, 4.69) is 10.6 Å². The van der Waals surface area contributed by atoms with Gasteiger partial charge in [-0.1, -0.05) is 24.3 Å². The molecule has 3 aromatic rings. The summed E-state index contributed by atoms with van der Waals surface area (Å²) in [5.41, 5.74) is -1.57. The van der Waals surface area contributed by atoms with Crippen LogP contribution in [0, 0.1) is 11.6 Å². The average molecular weight is 515 g/mol. The van der Waals surface area contributed by atoms with E-state index >= 15 is 0 Å². The third-order valence-electron chi connectivity index (χ3n) is 5.56. The smallest absolute Gasteiger partial charge is 0.408 e. The summed E-state index contributed by atoms with van der Waals surface area (Å²) in [6, 6.07) is 11.1. The van der Waals surface area contributed by atoms with Crippen molar-refractivity contribution in [3.05, 3.63) is 81.5 Å². The van der Waals surface area contributed by atoms with Gasteiger partial charge in [-0.25, -0.2) is 18.4 Å². The van der Waals surface area contributed by atoms with Crippen LogP contribution in [0.1, 0.15) is 43.7 Å². The highest BCUT2D eigenvalue weighted by atomic mass is 32.1. The molecule has 2 atom stereocenters. The molecule has 2 unspecified atom stereocenters. The number of ether oxygens (including phenoxy) is 2. The number of amides is 2. The number of esters is 1. The molecule has 1 aliphatic rings. The Labute approximate surface area is 210 Å². The molecule has 36 heavy (non-hydrogen) atoms. The van der Waals surface area contributed by atoms with Gasteiger partial charge in [-0.15, -0.1) is 11.3 Å². The van der Waals surface area contributed by atoms with Crippen LogP contribution in [0.2, 0.25) is 0 Å². The van der Waals surface area contributed by atoms with Crippen molar-refractivity contribution in [3.63, 3.8) is 0 Å². The lowest BCUT2D eigenvalue weighted by Crippen LogP contribution is -2.43. The molecule has 2 heterocycles. The highest BCUT2D eigenvalue weighted by molar-refractivity contribution is 7.10. The standard InChI is InChI=1S/C26H24F2N2O5S/c1-14(29-24(33)35-25(2,3)4)22(31)34-16-9-7-15(8-10-16)26(19-6-5-13-36-19)17-11-12-18(27)20(28)21(17)30-23(26)32/h5-14H,1-4H3,(H,29,33)(H,30,32). The molecule has 10 heteroatoms. The van der Waals surface area contributed by atoms with Gasteiger partial charge in [0, 0.05) is 10.4 Å². The summed E-state index contributed by atoms with van der Waals surface area (Å²) in [5, 5.41) is 6.69. The quantitative estimate of drug-likeness (QED) is 0.364. The van der Waals surface area contributed by atoms with Crippen LogP contribution >= 0.6 is 11.3 Å². The molecule has 2 aromatic carbocycles. The van der Waals surface area contributed by atoms with E-state index in [1.807, 2.05) is 0 Å². The number of alkyl carbamates (subject to hydrolysis) is 1. The summed E-state index contributed by atoms with van der Waals surface area (Å²) >= 11 is 1.30. The number of benzene rings is 2. The van der Waals surface area contributed by atoms with Gasteiger partial charge in [0.25, 0.3) is 0 Å². The number of carbonyl (C=O) groups is 3. The summed E-state index contributed by atoms with van der Waals surface area (Å²) < 4.78 is 39.0. The minimum absolute atomic E-state index is 0.173. The molecule has 0 bridgehead atoms. The van der Waals surface area contributed by atoms with E-state index in [0.29, 0.717) is 10.4 Å². The highest BCUT2D eigenvalue weighted by Crippen LogP contribution is 2.50. The number of thiophene rings is 1. The van der Waals surface area contributed by atoms with Crippen molar-refractivity contribution in [2.75, 3.05) is 5.32 Å². The van der Waals surface area contributed by atoms with Gasteiger partial charge >= 0.3 is 12.1 Å². The van der Waals surface area contributed by atoms with Gasteiger partial charge in [0.2, 0.25) is 5.91 Å². The SMILES string of the molecule is CC(NC(=O)OC(C)(C)C)C(=O)Oc1ccc(C2(c3cccs3)C(=O)Nc3c2ccc(F)c3F)cc1. The van der Waals surface area contributed by atoms with Gasteiger partial charge in [-0.2, -0.15) is 0 Å². The van der Waals surface area contributed by atoms with Crippen molar-refractivity contribution in [1.29, 1.82) is 0 Å². The van der Waals surface area contributed by atoms with E-state index in [4.69, 9.17) is 9.47 Å². The molecule has 188 valence electrons. The molecule has 0 fully saturated rings. The molecule has 7 nitrogen and oxygen atoms in total. The van der Waals surface area contributed by atoms with Crippen LogP contribution in [0.4, 0.5) is 19.3 Å². The van der Waals surface area contributed by atoms with E-state index in [-0.39, 0.29) is 17.0 Å². The van der Waals surface area contributed by atoms with Crippen molar-refractivity contribution in [2.45, 2.75) is 44.8 Å². The first-order valence-electron chi connectivity index (χ1n) is 11.1. The van der Waals surface area contributed by atoms with E-state index < -0.39 is 46.7 Å². The summed E-state index contributed by atoms with van der Waals surface area (Å²) in [6.45, 7) is 6.57. The molecule has 0 aliphatic carbocycles. The predicted octanol–water partition coefficient (Wildman–Crippen LogP) is 5.13. The van der Waals surface area contributed by atoms with E-state index in [9.17, 15) is 23.2 Å². The summed E-state index contributed by atoms with van der Waals surface area (Å²) in [4.78, 5) is 38.3. The van der Waals surface area contributed by atoms with Crippen LogP contribution in [-0.4, -0.2) is 29.6 Å². The monoisotopic (exact) mass is 514 g/mol. The third-order valence-corrected chi connectivity index (χ3v) is 6.55. The zero-order valence-corrected chi connectivity index (χ0v) is 20.8. The van der Waals surface area contributed by atoms with Gasteiger partial charge in [-0.3, -0.25) is 4.79 Å². The Morgan fingerprint density at radius 1 is 1.08 bits per heavy atom. The van der Waals surface area contributed by atoms with Crippen molar-refractivity contribution < 1.29 is 32.6 Å². The van der Waals surface area contributed by atoms with Crippen LogP contribution in [-0.2, 0) is 19.7 Å². The van der Waals surface area contributed by atoms with Crippen LogP contribution in [0.15, 0.2) is 53.9 Å². The van der Waals surface area contributed by atoms with Crippen molar-refractivity contribution in [3.8, 4) is 5.75 Å². The van der Waals surface area contributed by atoms with Crippen LogP contribution in [0.5, 0.6) is 5.75 Å². The summed E-state index contributed by atoms with van der Waals surface area (Å²) in [5.74, 6) is -3.26. The number of hydrogen-bond donors (Lipinski definition) is 2. The minimum Gasteiger partial charge on any atom is -0.444 e. The fourth-order valence-electron chi connectivity index (χ4n) is 4.00. The molecule has 2 amide bonds. The summed E-state index contributed by atoms with van der Waals surface area (Å²) in [6.07, 6.45) is -0.755. The first-order valence-corrected chi connectivity index (χ1v) is 12.0. The van der Waals surface area contributed by atoms with Crippen molar-refractivity contribution >= 4 is 35.0 Å². The minimum atomic E-state index is -1.41. The predicted molar refractivity (Wildman–Crippen MR) is 130 cm³/mol. The van der Waals surface area contributed by atoms with E-state index in [1.165, 1.54) is 36.5 Å². The second-order valence-electron chi connectivity index (χ2n) is 9.28. The molecule has 1 aromatic heterocycles. The lowest BCUT2D eigenvalue weighted by atomic mass is 9.74. The highest BCUT2D eigenvalue weighted by Gasteiger charge is 2.51. The average Bonchev–Trinajstić information content (AvgIpc) is 3.42.